The summed E-state index contributed by atoms with van der Waals surface area (Å²) in [6.07, 6.45) is 1.82. The molecule has 24 heavy (non-hydrogen) atoms. The summed E-state index contributed by atoms with van der Waals surface area (Å²) < 4.78 is 49.9. The van der Waals surface area contributed by atoms with Crippen LogP contribution in [-0.2, 0) is 24.7 Å². The largest absolute Gasteiger partial charge is 0.312 e. The van der Waals surface area contributed by atoms with Crippen LogP contribution in [-0.4, -0.2) is 47.3 Å². The lowest BCUT2D eigenvalue weighted by molar-refractivity contribution is -0.117. The van der Waals surface area contributed by atoms with Crippen molar-refractivity contribution in [3.8, 4) is 0 Å². The van der Waals surface area contributed by atoms with E-state index < -0.39 is 19.9 Å². The van der Waals surface area contributed by atoms with Crippen LogP contribution < -0.4 is 9.62 Å². The first-order valence-electron chi connectivity index (χ1n) is 7.87. The first-order chi connectivity index (χ1) is 11.3. The van der Waals surface area contributed by atoms with Gasteiger partial charge in [0.1, 0.15) is 0 Å². The van der Waals surface area contributed by atoms with Crippen LogP contribution in [0, 0.1) is 5.92 Å². The molecule has 3 rings (SSSR count). The summed E-state index contributed by atoms with van der Waals surface area (Å²) in [5.74, 6) is 0.0289. The standard InChI is InChI=1S/C15H20N2O5S2/c18-15-2-1-8-17(15)13-3-5-14(6-4-13)24(21,22)16-10-12-7-9-23(19,20)11-12/h3-6,12,16H,1-2,7-11H2/t12-/m1/s1. The van der Waals surface area contributed by atoms with E-state index >= 15 is 0 Å². The van der Waals surface area contributed by atoms with Crippen molar-refractivity contribution in [1.82, 2.24) is 4.72 Å². The van der Waals surface area contributed by atoms with Crippen molar-refractivity contribution in [1.29, 1.82) is 0 Å². The maximum Gasteiger partial charge on any atom is 0.240 e. The molecular formula is C15H20N2O5S2. The van der Waals surface area contributed by atoms with Crippen LogP contribution in [0.3, 0.4) is 0 Å². The fraction of sp³-hybridized carbons (Fsp3) is 0.533. The number of sulfone groups is 1. The van der Waals surface area contributed by atoms with Crippen molar-refractivity contribution in [2.45, 2.75) is 24.2 Å². The van der Waals surface area contributed by atoms with Crippen LogP contribution in [0.5, 0.6) is 0 Å². The Balaban J connectivity index is 1.65. The van der Waals surface area contributed by atoms with Crippen molar-refractivity contribution < 1.29 is 21.6 Å². The first kappa shape index (κ1) is 17.4. The minimum Gasteiger partial charge on any atom is -0.312 e. The zero-order chi connectivity index (χ0) is 17.4. The number of hydrogen-bond acceptors (Lipinski definition) is 5. The molecule has 1 aromatic rings. The third-order valence-electron chi connectivity index (χ3n) is 4.42. The van der Waals surface area contributed by atoms with Gasteiger partial charge in [0.05, 0.1) is 16.4 Å². The van der Waals surface area contributed by atoms with Gasteiger partial charge in [0.2, 0.25) is 15.9 Å². The van der Waals surface area contributed by atoms with E-state index in [0.29, 0.717) is 25.1 Å². The highest BCUT2D eigenvalue weighted by molar-refractivity contribution is 7.91. The predicted molar refractivity (Wildman–Crippen MR) is 90.0 cm³/mol. The Bertz CT molecular complexity index is 831. The summed E-state index contributed by atoms with van der Waals surface area (Å²) >= 11 is 0. The van der Waals surface area contributed by atoms with Crippen LogP contribution in [0.2, 0.25) is 0 Å². The van der Waals surface area contributed by atoms with Gasteiger partial charge >= 0.3 is 0 Å². The topological polar surface area (TPSA) is 101 Å². The lowest BCUT2D eigenvalue weighted by atomic mass is 10.1. The van der Waals surface area contributed by atoms with E-state index in [9.17, 15) is 21.6 Å². The van der Waals surface area contributed by atoms with Gasteiger partial charge in [-0.05, 0) is 43.0 Å². The molecule has 0 aromatic heterocycles. The van der Waals surface area contributed by atoms with Gasteiger partial charge in [-0.25, -0.2) is 21.6 Å². The average Bonchev–Trinajstić information content (AvgIpc) is 3.11. The molecule has 0 unspecified atom stereocenters. The fourth-order valence-corrected chi connectivity index (χ4v) is 6.05. The van der Waals surface area contributed by atoms with Gasteiger partial charge in [-0.15, -0.1) is 0 Å². The zero-order valence-electron chi connectivity index (χ0n) is 13.1. The van der Waals surface area contributed by atoms with Crippen molar-refractivity contribution in [2.75, 3.05) is 29.5 Å². The fourth-order valence-electron chi connectivity index (χ4n) is 3.07. The molecule has 2 saturated heterocycles. The zero-order valence-corrected chi connectivity index (χ0v) is 14.8. The van der Waals surface area contributed by atoms with E-state index in [1.54, 1.807) is 17.0 Å². The summed E-state index contributed by atoms with van der Waals surface area (Å²) in [5.41, 5.74) is 0.693. The monoisotopic (exact) mass is 372 g/mol. The van der Waals surface area contributed by atoms with Gasteiger partial charge in [-0.3, -0.25) is 4.79 Å². The maximum absolute atomic E-state index is 12.3. The molecule has 2 heterocycles. The number of benzene rings is 1. The van der Waals surface area contributed by atoms with Crippen LogP contribution in [0.15, 0.2) is 29.2 Å². The number of anilines is 1. The first-order valence-corrected chi connectivity index (χ1v) is 11.2. The molecule has 1 aromatic carbocycles. The second-order valence-electron chi connectivity index (χ2n) is 6.26. The molecule has 0 spiro atoms. The van der Waals surface area contributed by atoms with E-state index in [1.807, 2.05) is 0 Å². The normalized spacial score (nSPS) is 23.8. The minimum absolute atomic E-state index is 0.0333. The lowest BCUT2D eigenvalue weighted by Gasteiger charge is -2.16. The number of rotatable bonds is 5. The number of carbonyl (C=O) groups is 1. The van der Waals surface area contributed by atoms with Crippen LogP contribution in [0.25, 0.3) is 0 Å². The summed E-state index contributed by atoms with van der Waals surface area (Å²) in [7, 11) is -6.71. The Kier molecular flexibility index (Phi) is 4.67. The molecule has 0 aliphatic carbocycles. The summed E-state index contributed by atoms with van der Waals surface area (Å²) in [6.45, 7) is 0.771. The molecule has 2 aliphatic rings. The third-order valence-corrected chi connectivity index (χ3v) is 7.70. The number of amides is 1. The van der Waals surface area contributed by atoms with E-state index in [-0.39, 0.29) is 34.8 Å². The molecule has 1 atom stereocenters. The molecule has 132 valence electrons. The quantitative estimate of drug-likeness (QED) is 0.812. The molecular weight excluding hydrogens is 352 g/mol. The lowest BCUT2D eigenvalue weighted by Crippen LogP contribution is -2.30. The SMILES string of the molecule is O=C1CCCN1c1ccc(S(=O)(=O)NC[C@H]2CCS(=O)(=O)C2)cc1. The van der Waals surface area contributed by atoms with Crippen molar-refractivity contribution in [3.05, 3.63) is 24.3 Å². The number of carbonyl (C=O) groups excluding carboxylic acids is 1. The van der Waals surface area contributed by atoms with Crippen LogP contribution in [0.1, 0.15) is 19.3 Å². The molecule has 2 aliphatic heterocycles. The molecule has 7 nitrogen and oxygen atoms in total. The highest BCUT2D eigenvalue weighted by atomic mass is 32.2. The Labute approximate surface area is 142 Å². The molecule has 0 saturated carbocycles. The molecule has 0 bridgehead atoms. The van der Waals surface area contributed by atoms with E-state index in [4.69, 9.17) is 0 Å². The molecule has 9 heteroatoms. The molecule has 0 radical (unpaired) electrons. The molecule has 1 N–H and O–H groups in total. The number of hydrogen-bond donors (Lipinski definition) is 1. The molecule has 1 amide bonds. The predicted octanol–water partition coefficient (Wildman–Crippen LogP) is 0.526. The second-order valence-corrected chi connectivity index (χ2v) is 10.3. The summed E-state index contributed by atoms with van der Waals surface area (Å²) in [6, 6.07) is 6.18. The van der Waals surface area contributed by atoms with Gasteiger partial charge in [-0.1, -0.05) is 0 Å². The maximum atomic E-state index is 12.3. The summed E-state index contributed by atoms with van der Waals surface area (Å²) in [5, 5.41) is 0. The van der Waals surface area contributed by atoms with E-state index in [1.165, 1.54) is 12.1 Å². The molecule has 2 fully saturated rings. The van der Waals surface area contributed by atoms with E-state index in [2.05, 4.69) is 4.72 Å². The van der Waals surface area contributed by atoms with Crippen molar-refractivity contribution in [2.24, 2.45) is 5.92 Å². The van der Waals surface area contributed by atoms with Crippen molar-refractivity contribution in [3.63, 3.8) is 0 Å². The third kappa shape index (κ3) is 3.79. The van der Waals surface area contributed by atoms with Gasteiger partial charge in [-0.2, -0.15) is 0 Å². The van der Waals surface area contributed by atoms with E-state index in [0.717, 1.165) is 6.42 Å². The Morgan fingerprint density at radius 3 is 2.46 bits per heavy atom. The Morgan fingerprint density at radius 1 is 1.21 bits per heavy atom. The highest BCUT2D eigenvalue weighted by Gasteiger charge is 2.29. The van der Waals surface area contributed by atoms with Crippen LogP contribution >= 0.6 is 0 Å². The van der Waals surface area contributed by atoms with Gasteiger partial charge < -0.3 is 4.90 Å². The highest BCUT2D eigenvalue weighted by Crippen LogP contribution is 2.23. The minimum atomic E-state index is -3.69. The number of nitrogens with one attached hydrogen (secondary N) is 1. The Morgan fingerprint density at radius 2 is 1.92 bits per heavy atom. The van der Waals surface area contributed by atoms with Crippen LogP contribution in [0.4, 0.5) is 5.69 Å². The average molecular weight is 372 g/mol. The number of sulfonamides is 1. The van der Waals surface area contributed by atoms with Gasteiger partial charge in [0.15, 0.2) is 9.84 Å². The van der Waals surface area contributed by atoms with Gasteiger partial charge in [0, 0.05) is 25.2 Å². The van der Waals surface area contributed by atoms with Crippen molar-refractivity contribution >= 4 is 31.5 Å². The summed E-state index contributed by atoms with van der Waals surface area (Å²) in [4.78, 5) is 13.5. The van der Waals surface area contributed by atoms with Gasteiger partial charge in [0.25, 0.3) is 0 Å². The number of nitrogens with zero attached hydrogens (tertiary/aromatic N) is 1. The Hall–Kier alpha value is -1.45. The second kappa shape index (κ2) is 6.45. The smallest absolute Gasteiger partial charge is 0.240 e.